The molecule has 2 aromatic carbocycles. The van der Waals surface area contributed by atoms with Crippen molar-refractivity contribution in [1.82, 2.24) is 0 Å². The van der Waals surface area contributed by atoms with E-state index in [4.69, 9.17) is 4.74 Å². The highest BCUT2D eigenvalue weighted by atomic mass is 16.5. The number of para-hydroxylation sites is 1. The Hall–Kier alpha value is -2.09. The summed E-state index contributed by atoms with van der Waals surface area (Å²) in [5, 5.41) is 0. The van der Waals surface area contributed by atoms with Gasteiger partial charge in [-0.05, 0) is 37.0 Å². The molecule has 158 valence electrons. The minimum absolute atomic E-state index is 0.111. The summed E-state index contributed by atoms with van der Waals surface area (Å²) >= 11 is 0. The molecule has 0 N–H and O–H groups in total. The van der Waals surface area contributed by atoms with E-state index in [0.717, 1.165) is 12.8 Å². The molecule has 0 saturated carbocycles. The second kappa shape index (κ2) is 15.8. The predicted octanol–water partition coefficient (Wildman–Crippen LogP) is 7.91. The fourth-order valence-electron chi connectivity index (χ4n) is 3.68. The van der Waals surface area contributed by atoms with Gasteiger partial charge in [-0.3, -0.25) is 4.79 Å². The van der Waals surface area contributed by atoms with Gasteiger partial charge in [-0.25, -0.2) is 0 Å². The Kier molecular flexibility index (Phi) is 12.6. The third-order valence-corrected chi connectivity index (χ3v) is 5.41. The van der Waals surface area contributed by atoms with Gasteiger partial charge in [0, 0.05) is 6.42 Å². The molecule has 0 amide bonds. The van der Waals surface area contributed by atoms with Gasteiger partial charge in [0.2, 0.25) is 0 Å². The molecular weight excluding hydrogens is 356 g/mol. The van der Waals surface area contributed by atoms with Gasteiger partial charge >= 0.3 is 5.97 Å². The monoisotopic (exact) mass is 394 g/mol. The molecule has 2 aromatic rings. The van der Waals surface area contributed by atoms with Crippen LogP contribution in [0.15, 0.2) is 60.7 Å². The van der Waals surface area contributed by atoms with Crippen LogP contribution in [-0.4, -0.2) is 5.97 Å². The zero-order chi connectivity index (χ0) is 20.4. The Morgan fingerprint density at radius 1 is 0.552 bits per heavy atom. The molecule has 0 aromatic heterocycles. The average molecular weight is 395 g/mol. The minimum atomic E-state index is -0.111. The highest BCUT2D eigenvalue weighted by Gasteiger charge is 2.04. The third-order valence-electron chi connectivity index (χ3n) is 5.41. The van der Waals surface area contributed by atoms with Crippen LogP contribution in [-0.2, 0) is 11.2 Å². The van der Waals surface area contributed by atoms with Crippen LogP contribution < -0.4 is 4.74 Å². The zero-order valence-corrected chi connectivity index (χ0v) is 18.0. The maximum Gasteiger partial charge on any atom is 0.311 e. The molecule has 0 unspecified atom stereocenters. The van der Waals surface area contributed by atoms with E-state index >= 15 is 0 Å². The molecule has 29 heavy (non-hydrogen) atoms. The van der Waals surface area contributed by atoms with E-state index in [1.807, 2.05) is 30.3 Å². The topological polar surface area (TPSA) is 26.3 Å². The Bertz CT molecular complexity index is 636. The van der Waals surface area contributed by atoms with Crippen LogP contribution in [0.2, 0.25) is 0 Å². The van der Waals surface area contributed by atoms with Gasteiger partial charge < -0.3 is 4.74 Å². The second-order valence-electron chi connectivity index (χ2n) is 8.02. The zero-order valence-electron chi connectivity index (χ0n) is 18.0. The van der Waals surface area contributed by atoms with Crippen LogP contribution in [0.25, 0.3) is 0 Å². The van der Waals surface area contributed by atoms with Crippen molar-refractivity contribution in [2.75, 3.05) is 0 Å². The molecular formula is C27H38O2. The summed E-state index contributed by atoms with van der Waals surface area (Å²) in [5.41, 5.74) is 1.47. The van der Waals surface area contributed by atoms with Gasteiger partial charge in [-0.15, -0.1) is 0 Å². The standard InChI is InChI=1S/C27H38O2/c28-27(29-26-22-16-12-17-23-26)24-18-10-8-6-4-2-1-3-5-7-9-13-19-25-20-14-11-15-21-25/h11-12,14-17,20-23H,1-10,13,18-19,24H2. The molecule has 0 saturated heterocycles. The first-order valence-electron chi connectivity index (χ1n) is 11.6. The fourth-order valence-corrected chi connectivity index (χ4v) is 3.68. The quantitative estimate of drug-likeness (QED) is 0.164. The van der Waals surface area contributed by atoms with Gasteiger partial charge in [0.1, 0.15) is 5.75 Å². The number of carbonyl (C=O) groups excluding carboxylic acids is 1. The first-order valence-corrected chi connectivity index (χ1v) is 11.6. The summed E-state index contributed by atoms with van der Waals surface area (Å²) in [4.78, 5) is 11.8. The molecule has 0 aliphatic heterocycles. The van der Waals surface area contributed by atoms with Gasteiger partial charge in [0.05, 0.1) is 0 Å². The number of benzene rings is 2. The van der Waals surface area contributed by atoms with Crippen LogP contribution in [0.1, 0.15) is 89.0 Å². The molecule has 2 rings (SSSR count). The van der Waals surface area contributed by atoms with Crippen molar-refractivity contribution < 1.29 is 9.53 Å². The molecule has 0 aliphatic carbocycles. The Morgan fingerprint density at radius 3 is 1.55 bits per heavy atom. The lowest BCUT2D eigenvalue weighted by atomic mass is 10.0. The van der Waals surface area contributed by atoms with Crippen molar-refractivity contribution in [3.63, 3.8) is 0 Å². The molecule has 2 nitrogen and oxygen atoms in total. The Labute approximate surface area is 177 Å². The number of aryl methyl sites for hydroxylation is 1. The largest absolute Gasteiger partial charge is 0.427 e. The summed E-state index contributed by atoms with van der Waals surface area (Å²) in [6.07, 6.45) is 17.3. The maximum absolute atomic E-state index is 11.8. The van der Waals surface area contributed by atoms with E-state index < -0.39 is 0 Å². The summed E-state index contributed by atoms with van der Waals surface area (Å²) < 4.78 is 5.30. The number of ether oxygens (including phenoxy) is 1. The molecule has 0 fully saturated rings. The average Bonchev–Trinajstić information content (AvgIpc) is 2.75. The lowest BCUT2D eigenvalue weighted by Crippen LogP contribution is -2.07. The van der Waals surface area contributed by atoms with Crippen molar-refractivity contribution in [3.05, 3.63) is 66.2 Å². The summed E-state index contributed by atoms with van der Waals surface area (Å²) in [7, 11) is 0. The number of hydrogen-bond donors (Lipinski definition) is 0. The third kappa shape index (κ3) is 12.2. The van der Waals surface area contributed by atoms with E-state index in [9.17, 15) is 4.79 Å². The van der Waals surface area contributed by atoms with E-state index in [0.29, 0.717) is 12.2 Å². The van der Waals surface area contributed by atoms with Gasteiger partial charge in [0.25, 0.3) is 0 Å². The van der Waals surface area contributed by atoms with Crippen LogP contribution in [0.4, 0.5) is 0 Å². The molecule has 2 heteroatoms. The molecule has 0 aliphatic rings. The van der Waals surface area contributed by atoms with Crippen molar-refractivity contribution in [2.24, 2.45) is 0 Å². The van der Waals surface area contributed by atoms with Gasteiger partial charge in [0.15, 0.2) is 0 Å². The minimum Gasteiger partial charge on any atom is -0.427 e. The SMILES string of the molecule is O=C(CCCCCCCCCCCCCCc1ccccc1)Oc1ccccc1. The predicted molar refractivity (Wildman–Crippen MR) is 122 cm³/mol. The first-order chi connectivity index (χ1) is 14.3. The highest BCUT2D eigenvalue weighted by molar-refractivity contribution is 5.72. The van der Waals surface area contributed by atoms with Crippen molar-refractivity contribution in [1.29, 1.82) is 0 Å². The van der Waals surface area contributed by atoms with Crippen LogP contribution >= 0.6 is 0 Å². The molecule has 0 radical (unpaired) electrons. The lowest BCUT2D eigenvalue weighted by molar-refractivity contribution is -0.134. The second-order valence-corrected chi connectivity index (χ2v) is 8.02. The van der Waals surface area contributed by atoms with Crippen LogP contribution in [0.5, 0.6) is 5.75 Å². The molecule has 0 bridgehead atoms. The van der Waals surface area contributed by atoms with E-state index in [1.54, 1.807) is 0 Å². The number of rotatable bonds is 16. The number of unbranched alkanes of at least 4 members (excludes halogenated alkanes) is 11. The first kappa shape index (κ1) is 23.2. The van der Waals surface area contributed by atoms with Crippen molar-refractivity contribution in [2.45, 2.75) is 89.9 Å². The summed E-state index contributed by atoms with van der Waals surface area (Å²) in [6, 6.07) is 20.2. The fraction of sp³-hybridized carbons (Fsp3) is 0.519. The van der Waals surface area contributed by atoms with Crippen LogP contribution in [0, 0.1) is 0 Å². The summed E-state index contributed by atoms with van der Waals surface area (Å²) in [5.74, 6) is 0.536. The van der Waals surface area contributed by atoms with E-state index in [1.165, 1.54) is 76.2 Å². The van der Waals surface area contributed by atoms with Crippen LogP contribution in [0.3, 0.4) is 0 Å². The molecule has 0 heterocycles. The highest BCUT2D eigenvalue weighted by Crippen LogP contribution is 2.14. The normalized spacial score (nSPS) is 10.8. The van der Waals surface area contributed by atoms with Gasteiger partial charge in [-0.2, -0.15) is 0 Å². The van der Waals surface area contributed by atoms with Gasteiger partial charge in [-0.1, -0.05) is 113 Å². The Morgan fingerprint density at radius 2 is 1.00 bits per heavy atom. The lowest BCUT2D eigenvalue weighted by Gasteiger charge is -2.05. The molecule has 0 atom stereocenters. The number of esters is 1. The summed E-state index contributed by atoms with van der Waals surface area (Å²) in [6.45, 7) is 0. The Balaban J connectivity index is 1.29. The van der Waals surface area contributed by atoms with E-state index in [-0.39, 0.29) is 5.97 Å². The smallest absolute Gasteiger partial charge is 0.311 e. The maximum atomic E-state index is 11.8. The van der Waals surface area contributed by atoms with Crippen molar-refractivity contribution in [3.8, 4) is 5.75 Å². The van der Waals surface area contributed by atoms with E-state index in [2.05, 4.69) is 30.3 Å². The molecule has 0 spiro atoms. The van der Waals surface area contributed by atoms with Crippen molar-refractivity contribution >= 4 is 5.97 Å². The number of carbonyl (C=O) groups is 1. The number of hydrogen-bond acceptors (Lipinski definition) is 2.